The van der Waals surface area contributed by atoms with Crippen LogP contribution >= 0.6 is 23.4 Å². The second-order valence-corrected chi connectivity index (χ2v) is 9.96. The van der Waals surface area contributed by atoms with Gasteiger partial charge in [-0.2, -0.15) is 18.4 Å². The van der Waals surface area contributed by atoms with Gasteiger partial charge in [0, 0.05) is 10.7 Å². The van der Waals surface area contributed by atoms with Gasteiger partial charge in [0.2, 0.25) is 5.91 Å². The number of carbonyl (C=O) groups is 2. The zero-order valence-corrected chi connectivity index (χ0v) is 21.6. The fraction of sp³-hybridized carbons (Fsp3) is 0.222. The van der Waals surface area contributed by atoms with Gasteiger partial charge in [0.25, 0.3) is 5.91 Å². The zero-order chi connectivity index (χ0) is 27.4. The number of nitrogens with zero attached hydrogens (tertiary/aromatic N) is 2. The third kappa shape index (κ3) is 5.90. The molecular weight excluding hydrogens is 539 g/mol. The number of hydrogen-bond acceptors (Lipinski definition) is 5. The zero-order valence-electron chi connectivity index (χ0n) is 20.0. The molecule has 0 saturated carbocycles. The quantitative estimate of drug-likeness (QED) is 0.273. The van der Waals surface area contributed by atoms with Gasteiger partial charge in [0.15, 0.2) is 0 Å². The Balaban J connectivity index is 1.71. The first-order chi connectivity index (χ1) is 18.1. The maximum atomic E-state index is 13.6. The highest BCUT2D eigenvalue weighted by Gasteiger charge is 2.41. The Labute approximate surface area is 226 Å². The number of anilines is 1. The van der Waals surface area contributed by atoms with Crippen molar-refractivity contribution in [1.82, 2.24) is 5.32 Å². The summed E-state index contributed by atoms with van der Waals surface area (Å²) in [5.41, 5.74) is 0.398. The van der Waals surface area contributed by atoms with Crippen molar-refractivity contribution in [3.8, 4) is 6.07 Å². The van der Waals surface area contributed by atoms with Gasteiger partial charge in [-0.1, -0.05) is 42.4 Å². The number of amides is 2. The number of furan rings is 1. The summed E-state index contributed by atoms with van der Waals surface area (Å²) in [6.45, 7) is 2.00. The first-order valence-electron chi connectivity index (χ1n) is 11.5. The summed E-state index contributed by atoms with van der Waals surface area (Å²) in [6, 6.07) is 15.2. The summed E-state index contributed by atoms with van der Waals surface area (Å²) in [7, 11) is 0. The minimum atomic E-state index is -4.58. The van der Waals surface area contributed by atoms with E-state index in [9.17, 15) is 28.0 Å². The highest BCUT2D eigenvalue weighted by Crippen LogP contribution is 2.43. The Hall–Kier alpha value is -3.68. The highest BCUT2D eigenvalue weighted by atomic mass is 35.5. The highest BCUT2D eigenvalue weighted by molar-refractivity contribution is 8.05. The monoisotopic (exact) mass is 559 g/mol. The Kier molecular flexibility index (Phi) is 8.19. The second kappa shape index (κ2) is 11.4. The predicted octanol–water partition coefficient (Wildman–Crippen LogP) is 6.26. The standard InChI is InChI=1S/C27H21ClF3N3O3S/c1-2-16-5-8-19(9-6-16)34-25(36)23(13-17-12-18(27(29,30)31)7-10-22(17)28)38-26(34)21(14-32)24(35)33-15-20-4-3-11-37-20/h3-12,23H,2,13,15H2,1H3,(H,33,35)/b26-21-. The van der Waals surface area contributed by atoms with Crippen molar-refractivity contribution in [2.75, 3.05) is 4.90 Å². The molecule has 0 spiro atoms. The molecule has 1 aromatic heterocycles. The number of aryl methyl sites for hydroxylation is 1. The number of benzene rings is 2. The smallest absolute Gasteiger partial charge is 0.416 e. The van der Waals surface area contributed by atoms with Crippen molar-refractivity contribution in [2.45, 2.75) is 37.7 Å². The lowest BCUT2D eigenvalue weighted by atomic mass is 10.0. The average Bonchev–Trinajstić information content (AvgIpc) is 3.52. The van der Waals surface area contributed by atoms with E-state index in [1.807, 2.05) is 25.1 Å². The van der Waals surface area contributed by atoms with Gasteiger partial charge in [-0.05, 0) is 66.4 Å². The molecule has 2 heterocycles. The fourth-order valence-corrected chi connectivity index (χ4v) is 5.37. The van der Waals surface area contributed by atoms with Gasteiger partial charge in [0.1, 0.15) is 22.4 Å². The molecule has 1 atom stereocenters. The second-order valence-electron chi connectivity index (χ2n) is 8.36. The van der Waals surface area contributed by atoms with Crippen LogP contribution in [0.3, 0.4) is 0 Å². The van der Waals surface area contributed by atoms with Crippen molar-refractivity contribution >= 4 is 40.9 Å². The Morgan fingerprint density at radius 2 is 1.95 bits per heavy atom. The van der Waals surface area contributed by atoms with Crippen LogP contribution in [-0.2, 0) is 35.2 Å². The van der Waals surface area contributed by atoms with Crippen LogP contribution in [0.15, 0.2) is 75.9 Å². The first-order valence-corrected chi connectivity index (χ1v) is 12.8. The fourth-order valence-electron chi connectivity index (χ4n) is 3.88. The number of hydrogen-bond donors (Lipinski definition) is 1. The van der Waals surface area contributed by atoms with E-state index in [0.29, 0.717) is 11.4 Å². The van der Waals surface area contributed by atoms with Gasteiger partial charge in [-0.25, -0.2) is 0 Å². The SMILES string of the molecule is CCc1ccc(N2C(=O)C(Cc3cc(C(F)(F)F)ccc3Cl)S/C2=C(/C#N)C(=O)NCc2ccco2)cc1. The molecule has 1 saturated heterocycles. The summed E-state index contributed by atoms with van der Waals surface area (Å²) in [6.07, 6.45) is -2.50. The molecule has 1 fully saturated rings. The van der Waals surface area contributed by atoms with E-state index in [4.69, 9.17) is 16.0 Å². The molecular formula is C27H21ClF3N3O3S. The molecule has 2 amide bonds. The summed E-state index contributed by atoms with van der Waals surface area (Å²) in [4.78, 5) is 27.9. The summed E-state index contributed by atoms with van der Waals surface area (Å²) < 4.78 is 45.1. The first kappa shape index (κ1) is 27.4. The lowest BCUT2D eigenvalue weighted by Gasteiger charge is -2.19. The Bertz CT molecular complexity index is 1410. The number of thioether (sulfide) groups is 1. The van der Waals surface area contributed by atoms with Crippen molar-refractivity contribution in [1.29, 1.82) is 5.26 Å². The molecule has 2 aromatic carbocycles. The Morgan fingerprint density at radius 3 is 2.55 bits per heavy atom. The van der Waals surface area contributed by atoms with Crippen LogP contribution in [0, 0.1) is 11.3 Å². The van der Waals surface area contributed by atoms with Crippen molar-refractivity contribution in [3.63, 3.8) is 0 Å². The molecule has 1 aliphatic heterocycles. The lowest BCUT2D eigenvalue weighted by Crippen LogP contribution is -2.32. The summed E-state index contributed by atoms with van der Waals surface area (Å²) in [5.74, 6) is -0.721. The van der Waals surface area contributed by atoms with Gasteiger partial charge < -0.3 is 9.73 Å². The van der Waals surface area contributed by atoms with Crippen LogP contribution in [-0.4, -0.2) is 17.1 Å². The van der Waals surface area contributed by atoms with Crippen molar-refractivity contribution in [3.05, 3.63) is 98.9 Å². The lowest BCUT2D eigenvalue weighted by molar-refractivity contribution is -0.137. The van der Waals surface area contributed by atoms with Crippen LogP contribution in [0.1, 0.15) is 29.4 Å². The largest absolute Gasteiger partial charge is 0.467 e. The molecule has 38 heavy (non-hydrogen) atoms. The normalized spacial score (nSPS) is 16.9. The summed E-state index contributed by atoms with van der Waals surface area (Å²) in [5, 5.41) is 11.8. The van der Waals surface area contributed by atoms with Gasteiger partial charge in [0.05, 0.1) is 23.6 Å². The topological polar surface area (TPSA) is 86.3 Å². The van der Waals surface area contributed by atoms with Crippen molar-refractivity contribution in [2.24, 2.45) is 0 Å². The number of nitriles is 1. The van der Waals surface area contributed by atoms with Crippen LogP contribution in [0.5, 0.6) is 0 Å². The number of nitrogens with one attached hydrogen (secondary N) is 1. The van der Waals surface area contributed by atoms with Gasteiger partial charge in [-0.3, -0.25) is 14.5 Å². The van der Waals surface area contributed by atoms with Gasteiger partial charge in [-0.15, -0.1) is 0 Å². The molecule has 0 aliphatic carbocycles. The third-order valence-corrected chi connectivity index (χ3v) is 7.52. The Morgan fingerprint density at radius 1 is 1.21 bits per heavy atom. The maximum Gasteiger partial charge on any atom is 0.416 e. The molecule has 196 valence electrons. The molecule has 0 bridgehead atoms. The number of alkyl halides is 3. The molecule has 1 aliphatic rings. The van der Waals surface area contributed by atoms with E-state index in [1.54, 1.807) is 24.3 Å². The van der Waals surface area contributed by atoms with Crippen LogP contribution < -0.4 is 10.2 Å². The molecule has 6 nitrogen and oxygen atoms in total. The average molecular weight is 560 g/mol. The van der Waals surface area contributed by atoms with Gasteiger partial charge >= 0.3 is 6.18 Å². The molecule has 11 heteroatoms. The van der Waals surface area contributed by atoms with Crippen molar-refractivity contribution < 1.29 is 27.2 Å². The molecule has 0 radical (unpaired) electrons. The van der Waals surface area contributed by atoms with E-state index in [1.165, 1.54) is 11.2 Å². The molecule has 4 rings (SSSR count). The summed E-state index contributed by atoms with van der Waals surface area (Å²) >= 11 is 7.13. The van der Waals surface area contributed by atoms with Crippen LogP contribution in [0.25, 0.3) is 0 Å². The number of rotatable bonds is 7. The minimum absolute atomic E-state index is 0.0252. The molecule has 1 unspecified atom stereocenters. The van der Waals surface area contributed by atoms with Crippen LogP contribution in [0.2, 0.25) is 5.02 Å². The van der Waals surface area contributed by atoms with E-state index >= 15 is 0 Å². The third-order valence-electron chi connectivity index (χ3n) is 5.89. The maximum absolute atomic E-state index is 13.6. The molecule has 1 N–H and O–H groups in total. The minimum Gasteiger partial charge on any atom is -0.467 e. The van der Waals surface area contributed by atoms with E-state index in [-0.39, 0.29) is 34.2 Å². The number of carbonyl (C=O) groups excluding carboxylic acids is 2. The van der Waals surface area contributed by atoms with E-state index in [0.717, 1.165) is 41.9 Å². The molecule has 3 aromatic rings. The van der Waals surface area contributed by atoms with E-state index < -0.39 is 28.8 Å². The van der Waals surface area contributed by atoms with Crippen LogP contribution in [0.4, 0.5) is 18.9 Å². The number of halogens is 4. The predicted molar refractivity (Wildman–Crippen MR) is 138 cm³/mol. The van der Waals surface area contributed by atoms with E-state index in [2.05, 4.69) is 5.32 Å².